The molecule has 1 aromatic heterocycles. The highest BCUT2D eigenvalue weighted by Gasteiger charge is 2.46. The fourth-order valence-electron chi connectivity index (χ4n) is 3.75. The molecule has 2 aromatic rings. The molecule has 5 N–H and O–H groups in total. The predicted molar refractivity (Wildman–Crippen MR) is 107 cm³/mol. The molecule has 0 saturated heterocycles. The summed E-state index contributed by atoms with van der Waals surface area (Å²) in [5.41, 5.74) is 1.20. The molecule has 3 rings (SSSR count). The van der Waals surface area contributed by atoms with E-state index in [1.807, 2.05) is 44.2 Å². The first kappa shape index (κ1) is 22.4. The second kappa shape index (κ2) is 10.1. The number of hydrogen-bond acceptors (Lipinski definition) is 6. The van der Waals surface area contributed by atoms with Gasteiger partial charge in [-0.15, -0.1) is 0 Å². The molecule has 0 fully saturated rings. The number of aliphatic carboxylic acids is 1. The predicted octanol–water partition coefficient (Wildman–Crippen LogP) is 3.91. The number of aliphatic hydroxyl groups is 1. The molecule has 1 amide bonds. The number of aliphatic hydroxyl groups excluding tert-OH is 1. The smallest absolute Gasteiger partial charge is 0.326 e. The minimum atomic E-state index is -1.07. The van der Waals surface area contributed by atoms with Crippen LogP contribution >= 0.6 is 0 Å². The number of carbonyl (C=O) groups excluding carboxylic acids is 1. The summed E-state index contributed by atoms with van der Waals surface area (Å²) in [7, 11) is 0. The van der Waals surface area contributed by atoms with Crippen molar-refractivity contribution in [1.82, 2.24) is 4.90 Å². The normalized spacial score (nSPS) is 17.4. The maximum Gasteiger partial charge on any atom is 0.326 e. The number of carboxylic acid groups (broad SMARTS) is 1. The van der Waals surface area contributed by atoms with Gasteiger partial charge >= 0.3 is 5.97 Å². The molecular weight excluding hydrogens is 376 g/mol. The molecule has 2 heterocycles. The highest BCUT2D eigenvalue weighted by atomic mass is 16.4. The van der Waals surface area contributed by atoms with Gasteiger partial charge in [-0.3, -0.25) is 4.79 Å². The second-order valence-corrected chi connectivity index (χ2v) is 6.92. The van der Waals surface area contributed by atoms with Crippen LogP contribution in [0.2, 0.25) is 0 Å². The van der Waals surface area contributed by atoms with Crippen LogP contribution in [-0.4, -0.2) is 38.2 Å². The number of carboxylic acids is 1. The summed E-state index contributed by atoms with van der Waals surface area (Å²) < 4.78 is 5.96. The average Bonchev–Trinajstić information content (AvgIpc) is 3.25. The Kier molecular flexibility index (Phi) is 7.81. The van der Waals surface area contributed by atoms with Crippen molar-refractivity contribution in [1.29, 1.82) is 0 Å². The largest absolute Gasteiger partial charge is 0.503 e. The van der Waals surface area contributed by atoms with Crippen LogP contribution in [0.5, 0.6) is 0 Å². The third-order valence-corrected chi connectivity index (χ3v) is 5.03. The third kappa shape index (κ3) is 4.44. The highest BCUT2D eigenvalue weighted by molar-refractivity contribution is 5.98. The summed E-state index contributed by atoms with van der Waals surface area (Å²) in [4.78, 5) is 26.0. The maximum atomic E-state index is 12.8. The van der Waals surface area contributed by atoms with Crippen molar-refractivity contribution >= 4 is 22.8 Å². The Morgan fingerprint density at radius 2 is 1.93 bits per heavy atom. The van der Waals surface area contributed by atoms with Gasteiger partial charge < -0.3 is 24.7 Å². The average molecular weight is 404 g/mol. The molecule has 1 aliphatic heterocycles. The lowest BCUT2D eigenvalue weighted by Crippen LogP contribution is -2.44. The zero-order valence-corrected chi connectivity index (χ0v) is 16.7. The van der Waals surface area contributed by atoms with Crippen molar-refractivity contribution < 1.29 is 29.4 Å². The lowest BCUT2D eigenvalue weighted by Gasteiger charge is -2.30. The minimum Gasteiger partial charge on any atom is -0.503 e. The number of benzene rings is 1. The summed E-state index contributed by atoms with van der Waals surface area (Å²) in [5.74, 6) is 1.95. The number of carbonyl (C=O) groups is 2. The molecule has 2 atom stereocenters. The minimum absolute atomic E-state index is 0.334. The Morgan fingerprint density at radius 3 is 2.52 bits per heavy atom. The van der Waals surface area contributed by atoms with Gasteiger partial charge in [0.1, 0.15) is 23.4 Å². The first-order valence-corrected chi connectivity index (χ1v) is 9.71. The highest BCUT2D eigenvalue weighted by Crippen LogP contribution is 2.43. The van der Waals surface area contributed by atoms with E-state index in [1.54, 1.807) is 0 Å². The molecule has 0 bridgehead atoms. The van der Waals surface area contributed by atoms with E-state index < -0.39 is 24.0 Å². The Labute approximate surface area is 169 Å². The van der Waals surface area contributed by atoms with E-state index in [4.69, 9.17) is 9.62 Å². The van der Waals surface area contributed by atoms with Crippen molar-refractivity contribution in [2.24, 2.45) is 5.90 Å². The van der Waals surface area contributed by atoms with Crippen LogP contribution in [0.1, 0.15) is 57.8 Å². The zero-order valence-electron chi connectivity index (χ0n) is 16.7. The van der Waals surface area contributed by atoms with Crippen molar-refractivity contribution in [3.05, 3.63) is 47.4 Å². The van der Waals surface area contributed by atoms with Crippen molar-refractivity contribution in [3.63, 3.8) is 0 Å². The Morgan fingerprint density at radius 1 is 1.24 bits per heavy atom. The maximum absolute atomic E-state index is 12.8. The summed E-state index contributed by atoms with van der Waals surface area (Å²) in [6.45, 7) is 3.93. The van der Waals surface area contributed by atoms with Gasteiger partial charge in [0.15, 0.2) is 5.76 Å². The van der Waals surface area contributed by atoms with Crippen LogP contribution in [0.25, 0.3) is 11.0 Å². The van der Waals surface area contributed by atoms with E-state index >= 15 is 0 Å². The zero-order chi connectivity index (χ0) is 21.6. The molecule has 2 unspecified atom stereocenters. The molecule has 8 nitrogen and oxygen atoms in total. The van der Waals surface area contributed by atoms with Gasteiger partial charge in [0, 0.05) is 11.0 Å². The van der Waals surface area contributed by atoms with E-state index in [1.165, 1.54) is 4.90 Å². The Balaban J connectivity index is 0.00000145. The first-order valence-electron chi connectivity index (χ1n) is 9.71. The number of para-hydroxylation sites is 1. The third-order valence-electron chi connectivity index (χ3n) is 5.03. The Hall–Kier alpha value is -2.84. The van der Waals surface area contributed by atoms with E-state index in [2.05, 4.69) is 5.90 Å². The quantitative estimate of drug-likeness (QED) is 0.490. The summed E-state index contributed by atoms with van der Waals surface area (Å²) >= 11 is 0. The number of fused-ring (bicyclic) bond motifs is 1. The molecule has 0 aliphatic carbocycles. The fraction of sp³-hybridized carbons (Fsp3) is 0.429. The number of nitrogens with zero attached hydrogens (tertiary/aromatic N) is 1. The number of amides is 1. The van der Waals surface area contributed by atoms with Crippen LogP contribution < -0.4 is 5.90 Å². The van der Waals surface area contributed by atoms with Gasteiger partial charge in [0.05, 0.1) is 0 Å². The molecule has 1 aromatic carbocycles. The lowest BCUT2D eigenvalue weighted by molar-refractivity contribution is -0.150. The topological polar surface area (TPSA) is 137 Å². The van der Waals surface area contributed by atoms with E-state index in [0.29, 0.717) is 36.2 Å². The summed E-state index contributed by atoms with van der Waals surface area (Å²) in [6, 6.07) is 7.60. The number of unbranched alkanes of at least 4 members (excludes halogenated alkanes) is 1. The molecule has 1 aliphatic rings. The Bertz CT molecular complexity index is 855. The van der Waals surface area contributed by atoms with Gasteiger partial charge in [-0.25, -0.2) is 10.7 Å². The SMILES string of the molecule is CCCCC(C(=O)O)N1C(=O)C(O)=C(CCC)C1c1cc2ccccc2o1.NO. The van der Waals surface area contributed by atoms with Gasteiger partial charge in [-0.1, -0.05) is 51.3 Å². The first-order chi connectivity index (χ1) is 14.0. The molecule has 8 heteroatoms. The molecular formula is C21H28N2O6. The van der Waals surface area contributed by atoms with Crippen LogP contribution in [0, 0.1) is 0 Å². The van der Waals surface area contributed by atoms with Crippen LogP contribution in [0.15, 0.2) is 46.1 Å². The number of rotatable bonds is 8. The van der Waals surface area contributed by atoms with Crippen molar-refractivity contribution in [3.8, 4) is 0 Å². The van der Waals surface area contributed by atoms with Crippen LogP contribution in [0.3, 0.4) is 0 Å². The van der Waals surface area contributed by atoms with Gasteiger partial charge in [-0.2, -0.15) is 0 Å². The molecule has 0 radical (unpaired) electrons. The van der Waals surface area contributed by atoms with Crippen LogP contribution in [0.4, 0.5) is 0 Å². The number of nitrogens with two attached hydrogens (primary N) is 1. The summed E-state index contributed by atoms with van der Waals surface area (Å²) in [5, 5.41) is 27.6. The van der Waals surface area contributed by atoms with Crippen molar-refractivity contribution in [2.45, 2.75) is 58.0 Å². The standard InChI is InChI=1S/C21H25NO5.H3NO/c1-3-5-10-15(21(25)26)22-18(14(8-4-2)19(23)20(22)24)17-12-13-9-6-7-11-16(13)27-17;1-2/h6-7,9,11-12,15,18,23H,3-5,8,10H2,1-2H3,(H,25,26);2H,1H2. The fourth-order valence-corrected chi connectivity index (χ4v) is 3.75. The van der Waals surface area contributed by atoms with Gasteiger partial charge in [-0.05, 0) is 25.0 Å². The molecule has 158 valence electrons. The molecule has 0 spiro atoms. The van der Waals surface area contributed by atoms with E-state index in [9.17, 15) is 19.8 Å². The number of hydrogen-bond donors (Lipinski definition) is 4. The molecule has 0 saturated carbocycles. The molecule has 29 heavy (non-hydrogen) atoms. The van der Waals surface area contributed by atoms with E-state index in [-0.39, 0.29) is 5.76 Å². The van der Waals surface area contributed by atoms with Crippen molar-refractivity contribution in [2.75, 3.05) is 0 Å². The van der Waals surface area contributed by atoms with Crippen LogP contribution in [-0.2, 0) is 9.59 Å². The van der Waals surface area contributed by atoms with E-state index in [0.717, 1.165) is 18.2 Å². The monoisotopic (exact) mass is 404 g/mol. The van der Waals surface area contributed by atoms with Gasteiger partial charge in [0.2, 0.25) is 0 Å². The summed E-state index contributed by atoms with van der Waals surface area (Å²) in [6.07, 6.45) is 3.06. The second-order valence-electron chi connectivity index (χ2n) is 6.92. The van der Waals surface area contributed by atoms with Gasteiger partial charge in [0.25, 0.3) is 5.91 Å². The lowest BCUT2D eigenvalue weighted by atomic mass is 9.98. The number of furan rings is 1.